The highest BCUT2D eigenvalue weighted by atomic mass is 32.1. The highest BCUT2D eigenvalue weighted by Gasteiger charge is 2.44. The van der Waals surface area contributed by atoms with Crippen LogP contribution in [0.2, 0.25) is 0 Å². The maximum absolute atomic E-state index is 12.4. The Kier molecular flexibility index (Phi) is 3.71. The predicted molar refractivity (Wildman–Crippen MR) is 84.4 cm³/mol. The van der Waals surface area contributed by atoms with Gasteiger partial charge in [0, 0.05) is 44.0 Å². The highest BCUT2D eigenvalue weighted by molar-refractivity contribution is 7.09. The van der Waals surface area contributed by atoms with E-state index in [2.05, 4.69) is 20.2 Å². The van der Waals surface area contributed by atoms with Crippen molar-refractivity contribution in [2.45, 2.75) is 32.4 Å². The molecule has 0 spiro atoms. The third-order valence-corrected chi connectivity index (χ3v) is 6.21. The summed E-state index contributed by atoms with van der Waals surface area (Å²) in [7, 11) is 0. The zero-order valence-electron chi connectivity index (χ0n) is 12.9. The minimum atomic E-state index is -0.242. The van der Waals surface area contributed by atoms with Crippen molar-refractivity contribution in [1.82, 2.24) is 14.8 Å². The Hall–Kier alpha value is -0.980. The molecule has 0 bridgehead atoms. The van der Waals surface area contributed by atoms with Gasteiger partial charge in [-0.2, -0.15) is 0 Å². The Morgan fingerprint density at radius 3 is 2.55 bits per heavy atom. The van der Waals surface area contributed by atoms with Gasteiger partial charge in [0.15, 0.2) is 0 Å². The Morgan fingerprint density at radius 2 is 2.00 bits per heavy atom. The number of fused-ring (bicyclic) bond motifs is 1. The standard InChI is InChI=1S/C16H23N3O2S/c1-10-17-14(9-22-10)8-18-4-12-6-19(7-13(12)5-18)16(21)11-2-15(20)3-11/h9,11-13,15,20H,2-8H2,1H3/t11?,12-,13-,15?/m1/s1. The molecule has 1 aliphatic carbocycles. The molecule has 1 aromatic heterocycles. The van der Waals surface area contributed by atoms with Gasteiger partial charge in [0.25, 0.3) is 0 Å². The van der Waals surface area contributed by atoms with Crippen molar-refractivity contribution < 1.29 is 9.90 Å². The van der Waals surface area contributed by atoms with Crippen molar-refractivity contribution in [2.24, 2.45) is 17.8 Å². The molecular formula is C16H23N3O2S. The zero-order valence-corrected chi connectivity index (χ0v) is 13.8. The van der Waals surface area contributed by atoms with Gasteiger partial charge in [0.1, 0.15) is 0 Å². The summed E-state index contributed by atoms with van der Waals surface area (Å²) < 4.78 is 0. The quantitative estimate of drug-likeness (QED) is 0.906. The second kappa shape index (κ2) is 5.58. The molecule has 3 aliphatic rings. The van der Waals surface area contributed by atoms with Gasteiger partial charge >= 0.3 is 0 Å². The van der Waals surface area contributed by atoms with Gasteiger partial charge in [0.05, 0.1) is 16.8 Å². The molecule has 2 atom stereocenters. The fourth-order valence-electron chi connectivity index (χ4n) is 4.16. The molecule has 22 heavy (non-hydrogen) atoms. The second-order valence-electron chi connectivity index (χ2n) is 7.14. The number of aromatic nitrogens is 1. The summed E-state index contributed by atoms with van der Waals surface area (Å²) in [6, 6.07) is 0. The van der Waals surface area contributed by atoms with Crippen LogP contribution in [0.5, 0.6) is 0 Å². The third-order valence-electron chi connectivity index (χ3n) is 5.39. The van der Waals surface area contributed by atoms with Crippen LogP contribution < -0.4 is 0 Å². The molecule has 2 aliphatic heterocycles. The SMILES string of the molecule is Cc1nc(CN2C[C@@H]3CN(C(=O)C4CC(O)C4)C[C@H]3C2)cs1. The van der Waals surface area contributed by atoms with Crippen LogP contribution in [0.3, 0.4) is 0 Å². The fraction of sp³-hybridized carbons (Fsp3) is 0.750. The van der Waals surface area contributed by atoms with E-state index in [-0.39, 0.29) is 17.9 Å². The van der Waals surface area contributed by atoms with Gasteiger partial charge in [-0.15, -0.1) is 11.3 Å². The first-order chi connectivity index (χ1) is 10.6. The molecule has 120 valence electrons. The van der Waals surface area contributed by atoms with Crippen molar-refractivity contribution in [3.63, 3.8) is 0 Å². The van der Waals surface area contributed by atoms with Crippen LogP contribution in [0.1, 0.15) is 23.5 Å². The lowest BCUT2D eigenvalue weighted by atomic mass is 9.81. The lowest BCUT2D eigenvalue weighted by Crippen LogP contribution is -2.43. The fourth-order valence-corrected chi connectivity index (χ4v) is 4.76. The average molecular weight is 321 g/mol. The average Bonchev–Trinajstić information content (AvgIpc) is 3.09. The van der Waals surface area contributed by atoms with Crippen molar-refractivity contribution >= 4 is 17.2 Å². The summed E-state index contributed by atoms with van der Waals surface area (Å²) in [5.41, 5.74) is 1.18. The molecular weight excluding hydrogens is 298 g/mol. The Balaban J connectivity index is 1.30. The van der Waals surface area contributed by atoms with Crippen LogP contribution >= 0.6 is 11.3 Å². The van der Waals surface area contributed by atoms with Gasteiger partial charge in [0.2, 0.25) is 5.91 Å². The second-order valence-corrected chi connectivity index (χ2v) is 8.20. The lowest BCUT2D eigenvalue weighted by molar-refractivity contribution is -0.141. The van der Waals surface area contributed by atoms with E-state index >= 15 is 0 Å². The topological polar surface area (TPSA) is 56.7 Å². The van der Waals surface area contributed by atoms with Gasteiger partial charge in [-0.3, -0.25) is 9.69 Å². The monoisotopic (exact) mass is 321 g/mol. The third kappa shape index (κ3) is 2.68. The molecule has 3 fully saturated rings. The maximum Gasteiger partial charge on any atom is 0.225 e. The van der Waals surface area contributed by atoms with E-state index in [4.69, 9.17) is 0 Å². The van der Waals surface area contributed by atoms with Gasteiger partial charge in [-0.25, -0.2) is 4.98 Å². The van der Waals surface area contributed by atoms with Crippen LogP contribution in [0.4, 0.5) is 0 Å². The van der Waals surface area contributed by atoms with E-state index in [1.54, 1.807) is 11.3 Å². The number of nitrogens with zero attached hydrogens (tertiary/aromatic N) is 3. The van der Waals surface area contributed by atoms with Crippen LogP contribution in [0, 0.1) is 24.7 Å². The molecule has 6 heteroatoms. The van der Waals surface area contributed by atoms with Crippen molar-refractivity contribution in [1.29, 1.82) is 0 Å². The molecule has 1 aromatic rings. The Morgan fingerprint density at radius 1 is 1.32 bits per heavy atom. The highest BCUT2D eigenvalue weighted by Crippen LogP contribution is 2.35. The number of amides is 1. The number of hydrogen-bond acceptors (Lipinski definition) is 5. The predicted octanol–water partition coefficient (Wildman–Crippen LogP) is 1.11. The van der Waals surface area contributed by atoms with Crippen LogP contribution in [-0.2, 0) is 11.3 Å². The molecule has 0 unspecified atom stereocenters. The maximum atomic E-state index is 12.4. The largest absolute Gasteiger partial charge is 0.393 e. The normalized spacial score (nSPS) is 34.7. The van der Waals surface area contributed by atoms with E-state index in [1.807, 2.05) is 6.92 Å². The van der Waals surface area contributed by atoms with E-state index in [9.17, 15) is 9.90 Å². The number of rotatable bonds is 3. The Labute approximate surface area is 134 Å². The van der Waals surface area contributed by atoms with E-state index < -0.39 is 0 Å². The number of aryl methyl sites for hydroxylation is 1. The van der Waals surface area contributed by atoms with Gasteiger partial charge in [-0.05, 0) is 31.6 Å². The molecule has 4 rings (SSSR count). The molecule has 0 aromatic carbocycles. The van der Waals surface area contributed by atoms with Gasteiger partial charge < -0.3 is 10.0 Å². The molecule has 1 amide bonds. The smallest absolute Gasteiger partial charge is 0.225 e. The number of thiazole rings is 1. The molecule has 0 radical (unpaired) electrons. The lowest BCUT2D eigenvalue weighted by Gasteiger charge is -2.33. The number of carbonyl (C=O) groups excluding carboxylic acids is 1. The summed E-state index contributed by atoms with van der Waals surface area (Å²) in [6.07, 6.45) is 1.09. The molecule has 2 saturated heterocycles. The summed E-state index contributed by atoms with van der Waals surface area (Å²) in [6.45, 7) is 6.97. The summed E-state index contributed by atoms with van der Waals surface area (Å²) in [5, 5.41) is 12.7. The van der Waals surface area contributed by atoms with E-state index in [1.165, 1.54) is 5.69 Å². The van der Waals surface area contributed by atoms with E-state index in [0.717, 1.165) is 37.7 Å². The molecule has 1 N–H and O–H groups in total. The first kappa shape index (κ1) is 14.6. The van der Waals surface area contributed by atoms with Crippen LogP contribution in [-0.4, -0.2) is 58.1 Å². The minimum Gasteiger partial charge on any atom is -0.393 e. The first-order valence-electron chi connectivity index (χ1n) is 8.18. The number of likely N-dealkylation sites (tertiary alicyclic amines) is 2. The summed E-state index contributed by atoms with van der Waals surface area (Å²) >= 11 is 1.71. The first-order valence-corrected chi connectivity index (χ1v) is 9.06. The molecule has 1 saturated carbocycles. The Bertz CT molecular complexity index is 555. The number of hydrogen-bond donors (Lipinski definition) is 1. The summed E-state index contributed by atoms with van der Waals surface area (Å²) in [4.78, 5) is 21.5. The summed E-state index contributed by atoms with van der Waals surface area (Å²) in [5.74, 6) is 1.60. The van der Waals surface area contributed by atoms with E-state index in [0.29, 0.717) is 24.7 Å². The molecule has 3 heterocycles. The van der Waals surface area contributed by atoms with Crippen molar-refractivity contribution in [3.05, 3.63) is 16.1 Å². The molecule has 5 nitrogen and oxygen atoms in total. The minimum absolute atomic E-state index is 0.0860. The van der Waals surface area contributed by atoms with Gasteiger partial charge in [-0.1, -0.05) is 0 Å². The van der Waals surface area contributed by atoms with Crippen LogP contribution in [0.15, 0.2) is 5.38 Å². The van der Waals surface area contributed by atoms with Crippen LogP contribution in [0.25, 0.3) is 0 Å². The number of carbonyl (C=O) groups is 1. The number of aliphatic hydroxyl groups excluding tert-OH is 1. The van der Waals surface area contributed by atoms with Crippen molar-refractivity contribution in [2.75, 3.05) is 26.2 Å². The number of aliphatic hydroxyl groups is 1. The van der Waals surface area contributed by atoms with Crippen molar-refractivity contribution in [3.8, 4) is 0 Å². The zero-order chi connectivity index (χ0) is 15.3.